The van der Waals surface area contributed by atoms with Crippen molar-refractivity contribution in [3.63, 3.8) is 0 Å². The number of hydrogen-bond donors (Lipinski definition) is 0. The number of hydrogen-bond acceptors (Lipinski definition) is 1. The molecule has 0 radical (unpaired) electrons. The summed E-state index contributed by atoms with van der Waals surface area (Å²) >= 11 is 0. The van der Waals surface area contributed by atoms with Gasteiger partial charge in [-0.1, -0.05) is 78.9 Å². The van der Waals surface area contributed by atoms with Crippen molar-refractivity contribution < 1.29 is 0 Å². The van der Waals surface area contributed by atoms with E-state index >= 15 is 0 Å². The van der Waals surface area contributed by atoms with E-state index in [1.807, 2.05) is 0 Å². The molecule has 3 aromatic carbocycles. The Bertz CT molecular complexity index is 769. The van der Waals surface area contributed by atoms with Crippen LogP contribution in [0, 0.1) is 0 Å². The zero-order chi connectivity index (χ0) is 15.9. The third-order valence-electron chi connectivity index (χ3n) is 4.16. The fraction of sp³-hybridized carbons (Fsp3) is 0.182. The monoisotopic (exact) mass is 301 g/mol. The highest BCUT2D eigenvalue weighted by molar-refractivity contribution is 5.94. The van der Waals surface area contributed by atoms with Crippen molar-refractivity contribution >= 4 is 22.5 Å². The lowest BCUT2D eigenvalue weighted by Gasteiger charge is -2.24. The van der Waals surface area contributed by atoms with Crippen LogP contribution in [0.2, 0.25) is 0 Å². The molecule has 0 spiro atoms. The summed E-state index contributed by atoms with van der Waals surface area (Å²) < 4.78 is 0. The largest absolute Gasteiger partial charge is 0.371 e. The third-order valence-corrected chi connectivity index (χ3v) is 4.16. The quantitative estimate of drug-likeness (QED) is 0.558. The Labute approximate surface area is 138 Å². The van der Waals surface area contributed by atoms with Crippen LogP contribution in [0.25, 0.3) is 16.8 Å². The second-order valence-electron chi connectivity index (χ2n) is 5.68. The van der Waals surface area contributed by atoms with Gasteiger partial charge in [-0.05, 0) is 30.4 Å². The van der Waals surface area contributed by atoms with Gasteiger partial charge in [-0.2, -0.15) is 0 Å². The third kappa shape index (κ3) is 3.81. The van der Waals surface area contributed by atoms with Gasteiger partial charge in [-0.15, -0.1) is 0 Å². The molecule has 0 atom stereocenters. The van der Waals surface area contributed by atoms with Crippen LogP contribution in [0.15, 0.2) is 78.9 Å². The topological polar surface area (TPSA) is 3.24 Å². The van der Waals surface area contributed by atoms with E-state index in [4.69, 9.17) is 0 Å². The summed E-state index contributed by atoms with van der Waals surface area (Å²) in [4.78, 5) is 2.46. The molecule has 0 aliphatic rings. The van der Waals surface area contributed by atoms with Crippen molar-refractivity contribution in [3.05, 3.63) is 84.4 Å². The summed E-state index contributed by atoms with van der Waals surface area (Å²) in [5, 5.41) is 2.65. The van der Waals surface area contributed by atoms with E-state index in [1.54, 1.807) is 0 Å². The molecular weight excluding hydrogens is 278 g/mol. The number of fused-ring (bicyclic) bond motifs is 1. The number of nitrogens with zero attached hydrogens (tertiary/aromatic N) is 1. The fourth-order valence-electron chi connectivity index (χ4n) is 2.95. The minimum Gasteiger partial charge on any atom is -0.371 e. The van der Waals surface area contributed by atoms with E-state index in [1.165, 1.54) is 22.0 Å². The van der Waals surface area contributed by atoms with Crippen LogP contribution in [0.1, 0.15) is 18.9 Å². The zero-order valence-corrected chi connectivity index (χ0v) is 13.7. The van der Waals surface area contributed by atoms with E-state index in [-0.39, 0.29) is 0 Å². The molecule has 0 heterocycles. The Kier molecular flexibility index (Phi) is 5.10. The Morgan fingerprint density at radius 1 is 0.826 bits per heavy atom. The lowest BCUT2D eigenvalue weighted by atomic mass is 10.1. The SMILES string of the molecule is CCN(CCC=Cc1ccccc1)c1cccc2ccccc12. The lowest BCUT2D eigenvalue weighted by Crippen LogP contribution is -2.23. The summed E-state index contributed by atoms with van der Waals surface area (Å²) in [5.74, 6) is 0. The molecule has 0 unspecified atom stereocenters. The smallest absolute Gasteiger partial charge is 0.0445 e. The van der Waals surface area contributed by atoms with Crippen molar-refractivity contribution in [1.29, 1.82) is 0 Å². The molecule has 0 fully saturated rings. The number of benzene rings is 3. The maximum absolute atomic E-state index is 2.46. The molecule has 0 N–H and O–H groups in total. The number of anilines is 1. The summed E-state index contributed by atoms with van der Waals surface area (Å²) in [6.07, 6.45) is 5.52. The Hall–Kier alpha value is -2.54. The van der Waals surface area contributed by atoms with Crippen LogP contribution in [0.5, 0.6) is 0 Å². The molecular formula is C22H23N. The van der Waals surface area contributed by atoms with E-state index in [0.717, 1.165) is 19.5 Å². The second kappa shape index (κ2) is 7.64. The minimum atomic E-state index is 1.02. The molecule has 0 saturated carbocycles. The summed E-state index contributed by atoms with van der Waals surface area (Å²) in [6, 6.07) is 25.7. The molecule has 0 amide bonds. The molecule has 0 bridgehead atoms. The molecule has 1 nitrogen and oxygen atoms in total. The molecule has 23 heavy (non-hydrogen) atoms. The highest BCUT2D eigenvalue weighted by Crippen LogP contribution is 2.26. The first-order chi connectivity index (χ1) is 11.4. The zero-order valence-electron chi connectivity index (χ0n) is 13.7. The highest BCUT2D eigenvalue weighted by Gasteiger charge is 2.06. The van der Waals surface area contributed by atoms with E-state index < -0.39 is 0 Å². The second-order valence-corrected chi connectivity index (χ2v) is 5.68. The van der Waals surface area contributed by atoms with Gasteiger partial charge < -0.3 is 4.90 Å². The van der Waals surface area contributed by atoms with Gasteiger partial charge in [0.1, 0.15) is 0 Å². The summed E-state index contributed by atoms with van der Waals surface area (Å²) in [7, 11) is 0. The van der Waals surface area contributed by atoms with E-state index in [0.29, 0.717) is 0 Å². The van der Waals surface area contributed by atoms with Gasteiger partial charge in [-0.25, -0.2) is 0 Å². The molecule has 0 aliphatic heterocycles. The molecule has 3 rings (SSSR count). The first kappa shape index (κ1) is 15.4. The molecule has 0 aromatic heterocycles. The molecule has 116 valence electrons. The first-order valence-corrected chi connectivity index (χ1v) is 8.33. The first-order valence-electron chi connectivity index (χ1n) is 8.33. The van der Waals surface area contributed by atoms with Crippen molar-refractivity contribution in [2.45, 2.75) is 13.3 Å². The Morgan fingerprint density at radius 3 is 2.39 bits per heavy atom. The van der Waals surface area contributed by atoms with Crippen LogP contribution in [-0.4, -0.2) is 13.1 Å². The number of rotatable bonds is 6. The van der Waals surface area contributed by atoms with Crippen molar-refractivity contribution in [2.75, 3.05) is 18.0 Å². The van der Waals surface area contributed by atoms with Crippen molar-refractivity contribution in [3.8, 4) is 0 Å². The van der Waals surface area contributed by atoms with Crippen LogP contribution in [-0.2, 0) is 0 Å². The Morgan fingerprint density at radius 2 is 1.57 bits per heavy atom. The van der Waals surface area contributed by atoms with Gasteiger partial charge in [0.15, 0.2) is 0 Å². The van der Waals surface area contributed by atoms with Gasteiger partial charge >= 0.3 is 0 Å². The molecule has 0 aliphatic carbocycles. The normalized spacial score (nSPS) is 11.2. The summed E-state index contributed by atoms with van der Waals surface area (Å²) in [5.41, 5.74) is 2.60. The predicted octanol–water partition coefficient (Wildman–Crippen LogP) is 5.77. The fourth-order valence-corrected chi connectivity index (χ4v) is 2.95. The predicted molar refractivity (Wildman–Crippen MR) is 102 cm³/mol. The molecule has 1 heteroatoms. The van der Waals surface area contributed by atoms with Crippen LogP contribution in [0.4, 0.5) is 5.69 Å². The lowest BCUT2D eigenvalue weighted by molar-refractivity contribution is 0.827. The van der Waals surface area contributed by atoms with Gasteiger partial charge in [0.25, 0.3) is 0 Å². The van der Waals surface area contributed by atoms with Gasteiger partial charge in [0.05, 0.1) is 0 Å². The molecule has 3 aromatic rings. The van der Waals surface area contributed by atoms with Crippen molar-refractivity contribution in [1.82, 2.24) is 0 Å². The highest BCUT2D eigenvalue weighted by atomic mass is 15.1. The maximum Gasteiger partial charge on any atom is 0.0445 e. The van der Waals surface area contributed by atoms with Gasteiger partial charge in [0.2, 0.25) is 0 Å². The van der Waals surface area contributed by atoms with E-state index in [2.05, 4.69) is 96.8 Å². The average Bonchev–Trinajstić information content (AvgIpc) is 2.62. The Balaban J connectivity index is 1.71. The maximum atomic E-state index is 2.46. The minimum absolute atomic E-state index is 1.02. The van der Waals surface area contributed by atoms with E-state index in [9.17, 15) is 0 Å². The standard InChI is InChI=1S/C22H23N/c1-2-23(18-9-8-13-19-11-4-3-5-12-19)22-17-10-15-20-14-6-7-16-21(20)22/h3-8,10-17H,2,9,18H2,1H3. The summed E-state index contributed by atoms with van der Waals surface area (Å²) in [6.45, 7) is 4.28. The molecule has 0 saturated heterocycles. The van der Waals surface area contributed by atoms with Crippen molar-refractivity contribution in [2.24, 2.45) is 0 Å². The van der Waals surface area contributed by atoms with Gasteiger partial charge in [-0.3, -0.25) is 0 Å². The van der Waals surface area contributed by atoms with Crippen LogP contribution < -0.4 is 4.90 Å². The van der Waals surface area contributed by atoms with Crippen LogP contribution >= 0.6 is 0 Å². The average molecular weight is 301 g/mol. The van der Waals surface area contributed by atoms with Crippen LogP contribution in [0.3, 0.4) is 0 Å². The van der Waals surface area contributed by atoms with Gasteiger partial charge in [0, 0.05) is 24.2 Å².